The lowest BCUT2D eigenvalue weighted by molar-refractivity contribution is 0.537. The Morgan fingerprint density at radius 3 is 2.63 bits per heavy atom. The molecule has 3 nitrogen and oxygen atoms in total. The number of benzene rings is 1. The molecule has 0 bridgehead atoms. The van der Waals surface area contributed by atoms with Crippen molar-refractivity contribution in [1.82, 2.24) is 10.4 Å². The third-order valence-electron chi connectivity index (χ3n) is 2.89. The third kappa shape index (κ3) is 3.67. The zero-order chi connectivity index (χ0) is 13.8. The fourth-order valence-corrected chi connectivity index (χ4v) is 2.23. The molecule has 0 aliphatic carbocycles. The molecule has 1 heterocycles. The number of halogens is 2. The molecule has 5 heteroatoms. The Labute approximate surface area is 122 Å². The molecule has 19 heavy (non-hydrogen) atoms. The first-order chi connectivity index (χ1) is 9.10. The molecule has 1 aromatic heterocycles. The molecule has 1 unspecified atom stereocenters. The van der Waals surface area contributed by atoms with Crippen molar-refractivity contribution in [3.8, 4) is 0 Å². The number of aryl methyl sites for hydroxylation is 1. The van der Waals surface area contributed by atoms with Crippen LogP contribution in [0, 0.1) is 6.92 Å². The summed E-state index contributed by atoms with van der Waals surface area (Å²) >= 11 is 11.9. The number of hydrogen-bond acceptors (Lipinski definition) is 3. The van der Waals surface area contributed by atoms with Gasteiger partial charge in [-0.1, -0.05) is 35.3 Å². The molecular formula is C14H15Cl2N3. The van der Waals surface area contributed by atoms with Crippen molar-refractivity contribution < 1.29 is 0 Å². The van der Waals surface area contributed by atoms with Gasteiger partial charge in [0.15, 0.2) is 0 Å². The summed E-state index contributed by atoms with van der Waals surface area (Å²) in [6.07, 6.45) is 0.698. The molecule has 0 spiro atoms. The van der Waals surface area contributed by atoms with Crippen LogP contribution in [0.3, 0.4) is 0 Å². The molecular weight excluding hydrogens is 281 g/mol. The molecule has 0 saturated heterocycles. The van der Waals surface area contributed by atoms with Gasteiger partial charge in [-0.2, -0.15) is 0 Å². The van der Waals surface area contributed by atoms with Gasteiger partial charge in [0.2, 0.25) is 0 Å². The van der Waals surface area contributed by atoms with E-state index in [1.807, 2.05) is 37.3 Å². The van der Waals surface area contributed by atoms with Gasteiger partial charge in [-0.15, -0.1) is 0 Å². The van der Waals surface area contributed by atoms with Crippen LogP contribution >= 0.6 is 23.2 Å². The zero-order valence-corrected chi connectivity index (χ0v) is 12.0. The Bertz CT molecular complexity index is 572. The van der Waals surface area contributed by atoms with Crippen molar-refractivity contribution in [2.75, 3.05) is 0 Å². The number of aromatic nitrogens is 1. The maximum absolute atomic E-state index is 6.01. The normalized spacial score (nSPS) is 12.4. The minimum Gasteiger partial charge on any atom is -0.271 e. The van der Waals surface area contributed by atoms with E-state index < -0.39 is 0 Å². The van der Waals surface area contributed by atoms with Gasteiger partial charge in [0.05, 0.1) is 21.8 Å². The second-order valence-electron chi connectivity index (χ2n) is 4.38. The first-order valence-electron chi connectivity index (χ1n) is 5.94. The number of hydrazine groups is 1. The summed E-state index contributed by atoms with van der Waals surface area (Å²) in [5.41, 5.74) is 5.72. The Morgan fingerprint density at radius 1 is 1.21 bits per heavy atom. The number of rotatable bonds is 4. The second kappa shape index (κ2) is 6.35. The van der Waals surface area contributed by atoms with E-state index in [2.05, 4.69) is 10.4 Å². The van der Waals surface area contributed by atoms with Gasteiger partial charge >= 0.3 is 0 Å². The second-order valence-corrected chi connectivity index (χ2v) is 5.19. The predicted molar refractivity (Wildman–Crippen MR) is 79.2 cm³/mol. The van der Waals surface area contributed by atoms with Crippen LogP contribution in [0.5, 0.6) is 0 Å². The molecule has 3 N–H and O–H groups in total. The van der Waals surface area contributed by atoms with Crippen LogP contribution in [0.4, 0.5) is 0 Å². The van der Waals surface area contributed by atoms with Crippen LogP contribution in [0.2, 0.25) is 10.0 Å². The average Bonchev–Trinajstić information content (AvgIpc) is 2.40. The smallest absolute Gasteiger partial charge is 0.0672 e. The van der Waals surface area contributed by atoms with E-state index in [1.54, 1.807) is 6.07 Å². The molecule has 0 fully saturated rings. The fraction of sp³-hybridized carbons (Fsp3) is 0.214. The summed E-state index contributed by atoms with van der Waals surface area (Å²) in [7, 11) is 0. The van der Waals surface area contributed by atoms with Gasteiger partial charge < -0.3 is 0 Å². The van der Waals surface area contributed by atoms with Crippen molar-refractivity contribution in [3.63, 3.8) is 0 Å². The number of pyridine rings is 1. The summed E-state index contributed by atoms with van der Waals surface area (Å²) < 4.78 is 0. The zero-order valence-electron chi connectivity index (χ0n) is 10.5. The molecule has 0 radical (unpaired) electrons. The molecule has 0 saturated carbocycles. The average molecular weight is 296 g/mol. The minimum atomic E-state index is -0.0582. The van der Waals surface area contributed by atoms with Gasteiger partial charge in [-0.3, -0.25) is 16.3 Å². The van der Waals surface area contributed by atoms with Gasteiger partial charge in [0.1, 0.15) is 0 Å². The highest BCUT2D eigenvalue weighted by Gasteiger charge is 2.12. The van der Waals surface area contributed by atoms with E-state index in [4.69, 9.17) is 29.0 Å². The van der Waals surface area contributed by atoms with E-state index in [0.29, 0.717) is 16.5 Å². The van der Waals surface area contributed by atoms with Crippen LogP contribution in [0.15, 0.2) is 36.4 Å². The third-order valence-corrected chi connectivity index (χ3v) is 3.63. The van der Waals surface area contributed by atoms with E-state index in [-0.39, 0.29) is 6.04 Å². The Balaban J connectivity index is 2.21. The van der Waals surface area contributed by atoms with Gasteiger partial charge in [0.25, 0.3) is 0 Å². The molecule has 100 valence electrons. The highest BCUT2D eigenvalue weighted by atomic mass is 35.5. The van der Waals surface area contributed by atoms with Gasteiger partial charge in [0, 0.05) is 5.69 Å². The maximum Gasteiger partial charge on any atom is 0.0672 e. The lowest BCUT2D eigenvalue weighted by atomic mass is 10.0. The van der Waals surface area contributed by atoms with Crippen molar-refractivity contribution >= 4 is 23.2 Å². The summed E-state index contributed by atoms with van der Waals surface area (Å²) in [4.78, 5) is 4.48. The lowest BCUT2D eigenvalue weighted by Gasteiger charge is -2.16. The SMILES string of the molecule is Cc1cccc(C(Cc2ccc(Cl)c(Cl)c2)NN)n1. The maximum atomic E-state index is 6.01. The quantitative estimate of drug-likeness (QED) is 0.671. The van der Waals surface area contributed by atoms with Crippen LogP contribution in [0.1, 0.15) is 23.0 Å². The van der Waals surface area contributed by atoms with Crippen LogP contribution < -0.4 is 11.3 Å². The summed E-state index contributed by atoms with van der Waals surface area (Å²) in [5.74, 6) is 5.62. The summed E-state index contributed by atoms with van der Waals surface area (Å²) in [6.45, 7) is 1.95. The van der Waals surface area contributed by atoms with Crippen LogP contribution in [-0.4, -0.2) is 4.98 Å². The Hall–Kier alpha value is -1.13. The Morgan fingerprint density at radius 2 is 2.00 bits per heavy atom. The van der Waals surface area contributed by atoms with E-state index in [0.717, 1.165) is 17.0 Å². The molecule has 0 aliphatic rings. The number of nitrogens with two attached hydrogens (primary N) is 1. The van der Waals surface area contributed by atoms with Gasteiger partial charge in [-0.05, 0) is 43.2 Å². The molecule has 2 aromatic rings. The van der Waals surface area contributed by atoms with E-state index in [9.17, 15) is 0 Å². The standard InChI is InChI=1S/C14H15Cl2N3/c1-9-3-2-4-13(18-9)14(19-17)8-10-5-6-11(15)12(16)7-10/h2-7,14,19H,8,17H2,1H3. The van der Waals surface area contributed by atoms with Crippen LogP contribution in [0.25, 0.3) is 0 Å². The van der Waals surface area contributed by atoms with Gasteiger partial charge in [-0.25, -0.2) is 0 Å². The van der Waals surface area contributed by atoms with E-state index >= 15 is 0 Å². The molecule has 0 aliphatic heterocycles. The number of nitrogens with one attached hydrogen (secondary N) is 1. The van der Waals surface area contributed by atoms with Crippen molar-refractivity contribution in [2.24, 2.45) is 5.84 Å². The predicted octanol–water partition coefficient (Wildman–Crippen LogP) is 3.44. The summed E-state index contributed by atoms with van der Waals surface area (Å²) in [5, 5.41) is 1.10. The number of nitrogens with zero attached hydrogens (tertiary/aromatic N) is 1. The number of hydrogen-bond donors (Lipinski definition) is 2. The monoisotopic (exact) mass is 295 g/mol. The molecule has 1 atom stereocenters. The topological polar surface area (TPSA) is 50.9 Å². The first-order valence-corrected chi connectivity index (χ1v) is 6.69. The largest absolute Gasteiger partial charge is 0.271 e. The molecule has 0 amide bonds. The molecule has 2 rings (SSSR count). The summed E-state index contributed by atoms with van der Waals surface area (Å²) in [6, 6.07) is 11.4. The molecule has 1 aromatic carbocycles. The minimum absolute atomic E-state index is 0.0582. The fourth-order valence-electron chi connectivity index (χ4n) is 1.91. The van der Waals surface area contributed by atoms with Crippen molar-refractivity contribution in [1.29, 1.82) is 0 Å². The first kappa shape index (κ1) is 14.3. The lowest BCUT2D eigenvalue weighted by Crippen LogP contribution is -2.30. The van der Waals surface area contributed by atoms with Crippen LogP contribution in [-0.2, 0) is 6.42 Å². The highest BCUT2D eigenvalue weighted by molar-refractivity contribution is 6.42. The van der Waals surface area contributed by atoms with Crippen molar-refractivity contribution in [3.05, 3.63) is 63.4 Å². The highest BCUT2D eigenvalue weighted by Crippen LogP contribution is 2.25. The Kier molecular flexibility index (Phi) is 4.77. The van der Waals surface area contributed by atoms with E-state index in [1.165, 1.54) is 0 Å². The van der Waals surface area contributed by atoms with Crippen molar-refractivity contribution in [2.45, 2.75) is 19.4 Å².